The summed E-state index contributed by atoms with van der Waals surface area (Å²) in [5, 5.41) is 27.6. The van der Waals surface area contributed by atoms with Crippen molar-refractivity contribution in [3.05, 3.63) is 27.8 Å². The van der Waals surface area contributed by atoms with Crippen LogP contribution < -0.4 is 5.43 Å². The summed E-state index contributed by atoms with van der Waals surface area (Å²) < 4.78 is 5.19. The molecule has 7 heteroatoms. The number of nitrogens with zero attached hydrogens (tertiary/aromatic N) is 1. The van der Waals surface area contributed by atoms with Crippen molar-refractivity contribution < 1.29 is 24.5 Å². The summed E-state index contributed by atoms with van der Waals surface area (Å²) in [5.74, 6) is -1.43. The zero-order valence-electron chi connectivity index (χ0n) is 10.2. The molecule has 1 aromatic heterocycles. The number of aliphatic hydroxyl groups is 1. The van der Waals surface area contributed by atoms with E-state index < -0.39 is 29.8 Å². The summed E-state index contributed by atoms with van der Waals surface area (Å²) in [6.45, 7) is 0.139. The average Bonchev–Trinajstić information content (AvgIpc) is 2.82. The highest BCUT2D eigenvalue weighted by atomic mass is 16.4. The van der Waals surface area contributed by atoms with Gasteiger partial charge in [0.25, 0.3) is 0 Å². The molecular formula is C12H15NO6. The first-order chi connectivity index (χ1) is 9.02. The maximum atomic E-state index is 11.5. The molecule has 1 aromatic rings. The van der Waals surface area contributed by atoms with Gasteiger partial charge in [0.05, 0.1) is 6.54 Å². The second kappa shape index (κ2) is 5.41. The van der Waals surface area contributed by atoms with E-state index in [0.717, 1.165) is 12.5 Å². The lowest BCUT2D eigenvalue weighted by molar-refractivity contribution is -0.142. The van der Waals surface area contributed by atoms with E-state index in [1.54, 1.807) is 4.90 Å². The molecule has 3 N–H and O–H groups in total. The zero-order chi connectivity index (χ0) is 14.0. The molecule has 1 saturated heterocycles. The van der Waals surface area contributed by atoms with Gasteiger partial charge in [-0.1, -0.05) is 0 Å². The van der Waals surface area contributed by atoms with Gasteiger partial charge in [0.15, 0.2) is 5.76 Å². The molecule has 0 unspecified atom stereocenters. The smallest absolute Gasteiger partial charge is 0.320 e. The fourth-order valence-electron chi connectivity index (χ4n) is 2.25. The first kappa shape index (κ1) is 13.6. The van der Waals surface area contributed by atoms with Crippen LogP contribution in [0.4, 0.5) is 0 Å². The quantitative estimate of drug-likeness (QED) is 0.699. The standard InChI is InChI=1S/C12H15NO6/c14-6-7-4-9(15)11(16)10(19-7)5-13-3-1-2-8(13)12(17)18/h4,8,14,16H,1-3,5-6H2,(H,17,18)/t8-/m1/s1. The normalized spacial score (nSPS) is 19.7. The fraction of sp³-hybridized carbons (Fsp3) is 0.500. The predicted molar refractivity (Wildman–Crippen MR) is 63.6 cm³/mol. The van der Waals surface area contributed by atoms with Gasteiger partial charge in [0, 0.05) is 6.07 Å². The first-order valence-corrected chi connectivity index (χ1v) is 5.95. The van der Waals surface area contributed by atoms with Crippen LogP contribution in [0.2, 0.25) is 0 Å². The second-order valence-corrected chi connectivity index (χ2v) is 4.47. The van der Waals surface area contributed by atoms with E-state index in [-0.39, 0.29) is 18.1 Å². The molecule has 2 heterocycles. The second-order valence-electron chi connectivity index (χ2n) is 4.47. The Kier molecular flexibility index (Phi) is 3.87. The Morgan fingerprint density at radius 3 is 2.89 bits per heavy atom. The van der Waals surface area contributed by atoms with Crippen LogP contribution >= 0.6 is 0 Å². The fourth-order valence-corrected chi connectivity index (χ4v) is 2.25. The molecule has 7 nitrogen and oxygen atoms in total. The SMILES string of the molecule is O=C(O)[C@H]1CCCN1Cc1oc(CO)cc(=O)c1O. The van der Waals surface area contributed by atoms with Crippen LogP contribution in [0.25, 0.3) is 0 Å². The van der Waals surface area contributed by atoms with Gasteiger partial charge < -0.3 is 19.7 Å². The van der Waals surface area contributed by atoms with E-state index in [1.807, 2.05) is 0 Å². The van der Waals surface area contributed by atoms with Gasteiger partial charge in [-0.05, 0) is 19.4 Å². The predicted octanol–water partition coefficient (Wildman–Crippen LogP) is -0.113. The minimum atomic E-state index is -0.933. The summed E-state index contributed by atoms with van der Waals surface area (Å²) in [7, 11) is 0. The Balaban J connectivity index is 2.25. The minimum Gasteiger partial charge on any atom is -0.502 e. The van der Waals surface area contributed by atoms with Crippen molar-refractivity contribution in [3.8, 4) is 5.75 Å². The molecule has 104 valence electrons. The molecule has 1 aliphatic rings. The summed E-state index contributed by atoms with van der Waals surface area (Å²) in [5.41, 5.74) is -0.642. The van der Waals surface area contributed by atoms with Gasteiger partial charge in [-0.2, -0.15) is 0 Å². The van der Waals surface area contributed by atoms with E-state index >= 15 is 0 Å². The van der Waals surface area contributed by atoms with E-state index in [2.05, 4.69) is 0 Å². The van der Waals surface area contributed by atoms with Crippen LogP contribution in [0.3, 0.4) is 0 Å². The van der Waals surface area contributed by atoms with Crippen LogP contribution in [-0.2, 0) is 17.9 Å². The van der Waals surface area contributed by atoms with Crippen molar-refractivity contribution in [2.75, 3.05) is 6.54 Å². The van der Waals surface area contributed by atoms with Crippen molar-refractivity contribution in [2.24, 2.45) is 0 Å². The van der Waals surface area contributed by atoms with Gasteiger partial charge in [0.1, 0.15) is 18.4 Å². The molecule has 0 radical (unpaired) electrons. The van der Waals surface area contributed by atoms with Crippen molar-refractivity contribution >= 4 is 5.97 Å². The number of carboxylic acid groups (broad SMARTS) is 1. The van der Waals surface area contributed by atoms with Crippen molar-refractivity contribution in [3.63, 3.8) is 0 Å². The lowest BCUT2D eigenvalue weighted by atomic mass is 10.2. The molecule has 2 rings (SSSR count). The Hall–Kier alpha value is -1.86. The number of aliphatic hydroxyl groups excluding tert-OH is 1. The van der Waals surface area contributed by atoms with Crippen LogP contribution in [-0.4, -0.2) is 38.8 Å². The van der Waals surface area contributed by atoms with E-state index in [4.69, 9.17) is 14.6 Å². The van der Waals surface area contributed by atoms with Gasteiger partial charge in [0.2, 0.25) is 11.2 Å². The maximum absolute atomic E-state index is 11.5. The number of likely N-dealkylation sites (tertiary alicyclic amines) is 1. The van der Waals surface area contributed by atoms with Crippen LogP contribution in [0.5, 0.6) is 5.75 Å². The van der Waals surface area contributed by atoms with Gasteiger partial charge >= 0.3 is 5.97 Å². The topological polar surface area (TPSA) is 111 Å². The van der Waals surface area contributed by atoms with Gasteiger partial charge in [-0.3, -0.25) is 14.5 Å². The molecule has 0 amide bonds. The number of hydrogen-bond donors (Lipinski definition) is 3. The lowest BCUT2D eigenvalue weighted by Crippen LogP contribution is -2.35. The third-order valence-electron chi connectivity index (χ3n) is 3.20. The Bertz CT molecular complexity index is 538. The highest BCUT2D eigenvalue weighted by Crippen LogP contribution is 2.23. The number of carboxylic acids is 1. The molecule has 1 atom stereocenters. The monoisotopic (exact) mass is 269 g/mol. The van der Waals surface area contributed by atoms with Gasteiger partial charge in [-0.25, -0.2) is 0 Å². The van der Waals surface area contributed by atoms with Crippen LogP contribution in [0.1, 0.15) is 24.4 Å². The summed E-state index contributed by atoms with van der Waals surface area (Å²) in [4.78, 5) is 24.1. The Morgan fingerprint density at radius 1 is 1.53 bits per heavy atom. The molecule has 0 spiro atoms. The van der Waals surface area contributed by atoms with E-state index in [9.17, 15) is 14.7 Å². The van der Waals surface area contributed by atoms with Crippen molar-refractivity contribution in [2.45, 2.75) is 32.0 Å². The Morgan fingerprint density at radius 2 is 2.26 bits per heavy atom. The Labute approximate surface area is 108 Å². The summed E-state index contributed by atoms with van der Waals surface area (Å²) >= 11 is 0. The molecule has 1 aliphatic heterocycles. The molecular weight excluding hydrogens is 254 g/mol. The first-order valence-electron chi connectivity index (χ1n) is 5.95. The highest BCUT2D eigenvalue weighted by Gasteiger charge is 2.31. The van der Waals surface area contributed by atoms with E-state index in [1.165, 1.54) is 0 Å². The maximum Gasteiger partial charge on any atom is 0.320 e. The number of carbonyl (C=O) groups is 1. The number of hydrogen-bond acceptors (Lipinski definition) is 6. The van der Waals surface area contributed by atoms with Crippen LogP contribution in [0, 0.1) is 0 Å². The third kappa shape index (κ3) is 2.77. The molecule has 0 bridgehead atoms. The minimum absolute atomic E-state index is 0.00954. The average molecular weight is 269 g/mol. The van der Waals surface area contributed by atoms with Crippen molar-refractivity contribution in [1.29, 1.82) is 0 Å². The molecule has 0 aromatic carbocycles. The molecule has 0 saturated carbocycles. The summed E-state index contributed by atoms with van der Waals surface area (Å²) in [6, 6.07) is 0.375. The molecule has 0 aliphatic carbocycles. The number of aromatic hydroxyl groups is 1. The zero-order valence-corrected chi connectivity index (χ0v) is 10.2. The molecule has 19 heavy (non-hydrogen) atoms. The van der Waals surface area contributed by atoms with Crippen LogP contribution in [0.15, 0.2) is 15.3 Å². The van der Waals surface area contributed by atoms with Gasteiger partial charge in [-0.15, -0.1) is 0 Å². The van der Waals surface area contributed by atoms with Crippen molar-refractivity contribution in [1.82, 2.24) is 4.90 Å². The lowest BCUT2D eigenvalue weighted by Gasteiger charge is -2.20. The van der Waals surface area contributed by atoms with E-state index in [0.29, 0.717) is 13.0 Å². The summed E-state index contributed by atoms with van der Waals surface area (Å²) in [6.07, 6.45) is 1.27. The third-order valence-corrected chi connectivity index (χ3v) is 3.20. The molecule has 1 fully saturated rings. The number of rotatable bonds is 4. The highest BCUT2D eigenvalue weighted by molar-refractivity contribution is 5.73. The number of aliphatic carboxylic acids is 1. The largest absolute Gasteiger partial charge is 0.502 e.